The minimum atomic E-state index is 0.306. The van der Waals surface area contributed by atoms with Crippen LogP contribution in [0.1, 0.15) is 13.8 Å². The van der Waals surface area contributed by atoms with Crippen LogP contribution >= 0.6 is 0 Å². The topological polar surface area (TPSA) is 20.2 Å². The van der Waals surface area contributed by atoms with Crippen LogP contribution in [0.4, 0.5) is 0 Å². The fourth-order valence-corrected chi connectivity index (χ4v) is 0. The van der Waals surface area contributed by atoms with Gasteiger partial charge in [0.25, 0.3) is 0 Å². The monoisotopic (exact) mass is 102 g/mol. The zero-order valence-corrected chi connectivity index (χ0v) is 5.15. The second-order valence-electron chi connectivity index (χ2n) is 1.58. The molecule has 1 heteroatoms. The molecule has 0 atom stereocenters. The molecule has 0 aliphatic heterocycles. The normalized spacial score (nSPS) is 7.43. The lowest BCUT2D eigenvalue weighted by molar-refractivity contribution is 0.248. The third kappa shape index (κ3) is 27.0. The van der Waals surface area contributed by atoms with Gasteiger partial charge in [-0.15, -0.1) is 13.2 Å². The van der Waals surface area contributed by atoms with Crippen molar-refractivity contribution in [2.75, 3.05) is 6.61 Å². The van der Waals surface area contributed by atoms with Gasteiger partial charge in [0.05, 0.1) is 0 Å². The van der Waals surface area contributed by atoms with E-state index in [1.54, 1.807) is 0 Å². The Morgan fingerprint density at radius 1 is 1.43 bits per heavy atom. The maximum atomic E-state index is 8.14. The Bertz CT molecular complexity index is 25.4. The zero-order valence-electron chi connectivity index (χ0n) is 5.15. The lowest BCUT2D eigenvalue weighted by atomic mass is 10.2. The van der Waals surface area contributed by atoms with Crippen molar-refractivity contribution in [2.45, 2.75) is 13.8 Å². The highest BCUT2D eigenvalue weighted by Crippen LogP contribution is 1.83. The van der Waals surface area contributed by atoms with Gasteiger partial charge < -0.3 is 5.11 Å². The van der Waals surface area contributed by atoms with Crippen molar-refractivity contribution >= 4 is 0 Å². The highest BCUT2D eigenvalue weighted by atomic mass is 16.3. The molecule has 0 fully saturated rings. The van der Waals surface area contributed by atoms with Crippen LogP contribution in [0.25, 0.3) is 0 Å². The predicted molar refractivity (Wildman–Crippen MR) is 33.2 cm³/mol. The van der Waals surface area contributed by atoms with Crippen molar-refractivity contribution in [2.24, 2.45) is 5.92 Å². The molecular formula is C6H14O. The van der Waals surface area contributed by atoms with Gasteiger partial charge in [-0.2, -0.15) is 0 Å². The Morgan fingerprint density at radius 2 is 1.57 bits per heavy atom. The van der Waals surface area contributed by atoms with E-state index in [1.165, 1.54) is 0 Å². The Balaban J connectivity index is 0. The van der Waals surface area contributed by atoms with Crippen molar-refractivity contribution < 1.29 is 5.11 Å². The molecule has 7 heavy (non-hydrogen) atoms. The maximum Gasteiger partial charge on any atom is 0.0453 e. The number of hydrogen-bond donors (Lipinski definition) is 1. The van der Waals surface area contributed by atoms with Gasteiger partial charge in [-0.3, -0.25) is 0 Å². The van der Waals surface area contributed by atoms with Crippen LogP contribution in [-0.2, 0) is 0 Å². The van der Waals surface area contributed by atoms with Gasteiger partial charge in [0.15, 0.2) is 0 Å². The van der Waals surface area contributed by atoms with Gasteiger partial charge in [0, 0.05) is 6.61 Å². The minimum Gasteiger partial charge on any atom is -0.396 e. The van der Waals surface area contributed by atoms with E-state index in [1.807, 2.05) is 13.8 Å². The van der Waals surface area contributed by atoms with Crippen LogP contribution < -0.4 is 0 Å². The first-order valence-corrected chi connectivity index (χ1v) is 2.38. The highest BCUT2D eigenvalue weighted by Gasteiger charge is 1.81. The van der Waals surface area contributed by atoms with E-state index in [9.17, 15) is 0 Å². The maximum absolute atomic E-state index is 8.14. The molecule has 1 N–H and O–H groups in total. The zero-order chi connectivity index (χ0) is 6.28. The minimum absolute atomic E-state index is 0.306. The van der Waals surface area contributed by atoms with Gasteiger partial charge in [-0.1, -0.05) is 13.8 Å². The fourth-order valence-electron chi connectivity index (χ4n) is 0. The average molecular weight is 102 g/mol. The van der Waals surface area contributed by atoms with Crippen LogP contribution in [0.2, 0.25) is 0 Å². The van der Waals surface area contributed by atoms with Gasteiger partial charge >= 0.3 is 0 Å². The number of hydrogen-bond acceptors (Lipinski definition) is 1. The summed E-state index contributed by atoms with van der Waals surface area (Å²) in [5.74, 6) is 0.440. The first-order valence-electron chi connectivity index (χ1n) is 2.38. The number of rotatable bonds is 1. The van der Waals surface area contributed by atoms with Crippen molar-refractivity contribution in [3.8, 4) is 0 Å². The van der Waals surface area contributed by atoms with E-state index in [4.69, 9.17) is 5.11 Å². The number of aliphatic hydroxyl groups is 1. The standard InChI is InChI=1S/C4H10O.C2H4/c1-4(2)3-5;1-2/h4-5H,3H2,1-2H3;1-2H2. The number of aliphatic hydroxyl groups excluding tert-OH is 1. The lowest BCUT2D eigenvalue weighted by Crippen LogP contribution is -1.90. The molecule has 0 aromatic heterocycles. The molecule has 0 saturated heterocycles. The molecule has 44 valence electrons. The molecule has 0 amide bonds. The molecule has 0 aliphatic rings. The summed E-state index contributed by atoms with van der Waals surface area (Å²) < 4.78 is 0. The van der Waals surface area contributed by atoms with Crippen LogP contribution in [-0.4, -0.2) is 11.7 Å². The quantitative estimate of drug-likeness (QED) is 0.497. The Hall–Kier alpha value is -0.300. The van der Waals surface area contributed by atoms with Gasteiger partial charge in [0.2, 0.25) is 0 Å². The van der Waals surface area contributed by atoms with Crippen LogP contribution in [0, 0.1) is 5.92 Å². The van der Waals surface area contributed by atoms with E-state index < -0.39 is 0 Å². The summed E-state index contributed by atoms with van der Waals surface area (Å²) >= 11 is 0. The highest BCUT2D eigenvalue weighted by molar-refractivity contribution is 4.32. The lowest BCUT2D eigenvalue weighted by Gasteiger charge is -1.90. The average Bonchev–Trinajstić information content (AvgIpc) is 1.73. The summed E-state index contributed by atoms with van der Waals surface area (Å²) in [5, 5.41) is 8.14. The first kappa shape index (κ1) is 9.85. The van der Waals surface area contributed by atoms with E-state index in [0.29, 0.717) is 12.5 Å². The molecule has 1 nitrogen and oxygen atoms in total. The molecular weight excluding hydrogens is 88.1 g/mol. The second kappa shape index (κ2) is 9.20. The van der Waals surface area contributed by atoms with Crippen LogP contribution in [0.3, 0.4) is 0 Å². The molecule has 0 saturated carbocycles. The van der Waals surface area contributed by atoms with E-state index in [-0.39, 0.29) is 0 Å². The molecule has 0 bridgehead atoms. The molecule has 0 unspecified atom stereocenters. The molecule has 0 aromatic rings. The van der Waals surface area contributed by atoms with Crippen LogP contribution in [0.15, 0.2) is 13.2 Å². The Kier molecular flexibility index (Phi) is 12.9. The SMILES string of the molecule is C=C.CC(C)CO. The smallest absolute Gasteiger partial charge is 0.0453 e. The third-order valence-electron chi connectivity index (χ3n) is 0.365. The summed E-state index contributed by atoms with van der Waals surface area (Å²) in [6.07, 6.45) is 0. The van der Waals surface area contributed by atoms with Crippen molar-refractivity contribution in [3.05, 3.63) is 13.2 Å². The summed E-state index contributed by atoms with van der Waals surface area (Å²) in [4.78, 5) is 0. The first-order chi connectivity index (χ1) is 3.27. The van der Waals surface area contributed by atoms with Crippen molar-refractivity contribution in [1.29, 1.82) is 0 Å². The van der Waals surface area contributed by atoms with Gasteiger partial charge in [0.1, 0.15) is 0 Å². The van der Waals surface area contributed by atoms with Crippen LogP contribution in [0.5, 0.6) is 0 Å². The second-order valence-corrected chi connectivity index (χ2v) is 1.58. The Morgan fingerprint density at radius 3 is 1.57 bits per heavy atom. The molecule has 0 aliphatic carbocycles. The van der Waals surface area contributed by atoms with Crippen molar-refractivity contribution in [1.82, 2.24) is 0 Å². The van der Waals surface area contributed by atoms with E-state index in [0.717, 1.165) is 0 Å². The summed E-state index contributed by atoms with van der Waals surface area (Å²) in [6.45, 7) is 10.2. The van der Waals surface area contributed by atoms with E-state index >= 15 is 0 Å². The van der Waals surface area contributed by atoms with Gasteiger partial charge in [-0.05, 0) is 5.92 Å². The third-order valence-corrected chi connectivity index (χ3v) is 0.365. The largest absolute Gasteiger partial charge is 0.396 e. The molecule has 0 spiro atoms. The predicted octanol–water partition coefficient (Wildman–Crippen LogP) is 1.44. The fraction of sp³-hybridized carbons (Fsp3) is 0.667. The van der Waals surface area contributed by atoms with Crippen molar-refractivity contribution in [3.63, 3.8) is 0 Å². The summed E-state index contributed by atoms with van der Waals surface area (Å²) in [7, 11) is 0. The summed E-state index contributed by atoms with van der Waals surface area (Å²) in [6, 6.07) is 0. The molecule has 0 aromatic carbocycles. The molecule has 0 radical (unpaired) electrons. The van der Waals surface area contributed by atoms with E-state index in [2.05, 4.69) is 13.2 Å². The van der Waals surface area contributed by atoms with Gasteiger partial charge in [-0.25, -0.2) is 0 Å². The molecule has 0 rings (SSSR count). The summed E-state index contributed by atoms with van der Waals surface area (Å²) in [5.41, 5.74) is 0. The Labute approximate surface area is 45.7 Å². The molecule has 0 heterocycles.